The first-order valence-corrected chi connectivity index (χ1v) is 5.09. The maximum atomic E-state index is 5.31. The second-order valence-corrected chi connectivity index (χ2v) is 3.51. The highest BCUT2D eigenvalue weighted by Gasteiger charge is 2.05. The predicted octanol–water partition coefficient (Wildman–Crippen LogP) is 1.10. The van der Waals surface area contributed by atoms with Crippen molar-refractivity contribution in [1.82, 2.24) is 19.5 Å². The molecule has 3 rings (SSSR count). The Morgan fingerprint density at radius 2 is 2.06 bits per heavy atom. The second kappa shape index (κ2) is 3.84. The number of fused-ring (bicyclic) bond motifs is 1. The summed E-state index contributed by atoms with van der Waals surface area (Å²) in [4.78, 5) is 12.7. The summed E-state index contributed by atoms with van der Waals surface area (Å²) in [7, 11) is 0. The van der Waals surface area contributed by atoms with Crippen molar-refractivity contribution in [2.75, 3.05) is 5.43 Å². The second-order valence-electron chi connectivity index (χ2n) is 3.51. The van der Waals surface area contributed by atoms with Crippen LogP contribution in [0.3, 0.4) is 0 Å². The highest BCUT2D eigenvalue weighted by molar-refractivity contribution is 5.76. The van der Waals surface area contributed by atoms with Crippen molar-refractivity contribution in [3.05, 3.63) is 43.0 Å². The smallest absolute Gasteiger partial charge is 0.160 e. The minimum atomic E-state index is 0.514. The van der Waals surface area contributed by atoms with Gasteiger partial charge in [0.15, 0.2) is 11.6 Å². The number of hydrazine groups is 1. The average Bonchev–Trinajstić information content (AvgIpc) is 2.82. The number of aromatic nitrogens is 4. The molecule has 84 valence electrons. The third kappa shape index (κ3) is 1.60. The number of benzene rings is 1. The van der Waals surface area contributed by atoms with Gasteiger partial charge in [0, 0.05) is 0 Å². The van der Waals surface area contributed by atoms with Crippen LogP contribution in [0.1, 0.15) is 0 Å². The van der Waals surface area contributed by atoms with Gasteiger partial charge >= 0.3 is 0 Å². The van der Waals surface area contributed by atoms with Crippen LogP contribution in [0.15, 0.2) is 43.0 Å². The Kier molecular flexibility index (Phi) is 2.20. The fraction of sp³-hybridized carbons (Fsp3) is 0. The number of hydrogen-bond acceptors (Lipinski definition) is 5. The van der Waals surface area contributed by atoms with Crippen molar-refractivity contribution in [2.24, 2.45) is 5.84 Å². The summed E-state index contributed by atoms with van der Waals surface area (Å²) < 4.78 is 1.86. The lowest BCUT2D eigenvalue weighted by Crippen LogP contribution is -2.10. The molecule has 0 saturated carbocycles. The van der Waals surface area contributed by atoms with E-state index in [2.05, 4.69) is 20.4 Å². The van der Waals surface area contributed by atoms with E-state index in [1.165, 1.54) is 0 Å². The fourth-order valence-electron chi connectivity index (χ4n) is 1.68. The zero-order chi connectivity index (χ0) is 11.7. The molecule has 0 bridgehead atoms. The van der Waals surface area contributed by atoms with Crippen LogP contribution >= 0.6 is 0 Å². The molecule has 3 aromatic rings. The number of imidazole rings is 1. The Bertz CT molecular complexity index is 660. The molecular formula is C11H10N6. The van der Waals surface area contributed by atoms with Crippen molar-refractivity contribution >= 4 is 16.9 Å². The van der Waals surface area contributed by atoms with E-state index in [-0.39, 0.29) is 0 Å². The average molecular weight is 226 g/mol. The van der Waals surface area contributed by atoms with Gasteiger partial charge in [-0.25, -0.2) is 15.8 Å². The maximum absolute atomic E-state index is 5.31. The van der Waals surface area contributed by atoms with E-state index in [4.69, 9.17) is 5.84 Å². The van der Waals surface area contributed by atoms with Crippen molar-refractivity contribution in [2.45, 2.75) is 0 Å². The van der Waals surface area contributed by atoms with Crippen LogP contribution in [-0.2, 0) is 0 Å². The molecule has 1 aromatic carbocycles. The van der Waals surface area contributed by atoms with Gasteiger partial charge in [0.1, 0.15) is 6.33 Å². The lowest BCUT2D eigenvalue weighted by molar-refractivity contribution is 0.992. The number of anilines is 1. The van der Waals surface area contributed by atoms with Gasteiger partial charge in [0.2, 0.25) is 0 Å². The first kappa shape index (κ1) is 9.73. The van der Waals surface area contributed by atoms with Gasteiger partial charge in [-0.3, -0.25) is 9.55 Å². The van der Waals surface area contributed by atoms with Gasteiger partial charge in [-0.2, -0.15) is 0 Å². The molecule has 0 radical (unpaired) electrons. The third-order valence-corrected chi connectivity index (χ3v) is 2.47. The largest absolute Gasteiger partial charge is 0.307 e. The molecule has 6 nitrogen and oxygen atoms in total. The number of nitrogens with zero attached hydrogens (tertiary/aromatic N) is 4. The summed E-state index contributed by atoms with van der Waals surface area (Å²) in [5, 5.41) is 0. The van der Waals surface area contributed by atoms with E-state index >= 15 is 0 Å². The first-order chi connectivity index (χ1) is 8.38. The van der Waals surface area contributed by atoms with Crippen molar-refractivity contribution in [3.63, 3.8) is 0 Å². The molecule has 0 aliphatic carbocycles. The van der Waals surface area contributed by atoms with Crippen molar-refractivity contribution in [3.8, 4) is 5.82 Å². The quantitative estimate of drug-likeness (QED) is 0.505. The summed E-state index contributed by atoms with van der Waals surface area (Å²) in [6.45, 7) is 0. The Hall–Kier alpha value is -2.47. The van der Waals surface area contributed by atoms with Gasteiger partial charge < -0.3 is 5.43 Å². The number of nitrogens with two attached hydrogens (primary N) is 1. The van der Waals surface area contributed by atoms with Gasteiger partial charge in [-0.05, 0) is 12.1 Å². The highest BCUT2D eigenvalue weighted by Crippen LogP contribution is 2.16. The Morgan fingerprint density at radius 3 is 2.94 bits per heavy atom. The molecule has 0 saturated heterocycles. The van der Waals surface area contributed by atoms with E-state index in [1.807, 2.05) is 28.8 Å². The number of para-hydroxylation sites is 2. The Balaban J connectivity index is 2.20. The van der Waals surface area contributed by atoms with Gasteiger partial charge in [-0.1, -0.05) is 12.1 Å². The lowest BCUT2D eigenvalue weighted by atomic mass is 10.3. The van der Waals surface area contributed by atoms with Crippen LogP contribution in [-0.4, -0.2) is 19.5 Å². The van der Waals surface area contributed by atoms with Gasteiger partial charge in [0.05, 0.1) is 23.4 Å². The number of hydrogen-bond donors (Lipinski definition) is 2. The minimum absolute atomic E-state index is 0.514. The maximum Gasteiger partial charge on any atom is 0.160 e. The Morgan fingerprint density at radius 1 is 1.18 bits per heavy atom. The summed E-state index contributed by atoms with van der Waals surface area (Å²) in [5.74, 6) is 6.50. The number of nitrogens with one attached hydrogen (secondary N) is 1. The lowest BCUT2D eigenvalue weighted by Gasteiger charge is -2.04. The van der Waals surface area contributed by atoms with E-state index in [0.29, 0.717) is 11.6 Å². The Labute approximate surface area is 97.1 Å². The van der Waals surface area contributed by atoms with E-state index < -0.39 is 0 Å². The summed E-state index contributed by atoms with van der Waals surface area (Å²) >= 11 is 0. The monoisotopic (exact) mass is 226 g/mol. The van der Waals surface area contributed by atoms with E-state index in [0.717, 1.165) is 11.0 Å². The zero-order valence-corrected chi connectivity index (χ0v) is 8.91. The molecule has 0 fully saturated rings. The van der Waals surface area contributed by atoms with Gasteiger partial charge in [0.25, 0.3) is 0 Å². The van der Waals surface area contributed by atoms with Crippen LogP contribution in [0.2, 0.25) is 0 Å². The summed E-state index contributed by atoms with van der Waals surface area (Å²) in [5.41, 5.74) is 4.37. The minimum Gasteiger partial charge on any atom is -0.307 e. The molecule has 0 aliphatic rings. The molecule has 2 heterocycles. The molecular weight excluding hydrogens is 216 g/mol. The van der Waals surface area contributed by atoms with Crippen molar-refractivity contribution < 1.29 is 0 Å². The molecule has 2 aromatic heterocycles. The topological polar surface area (TPSA) is 81.6 Å². The molecule has 6 heteroatoms. The highest BCUT2D eigenvalue weighted by atomic mass is 15.3. The van der Waals surface area contributed by atoms with Crippen LogP contribution in [0.4, 0.5) is 5.82 Å². The molecule has 17 heavy (non-hydrogen) atoms. The fourth-order valence-corrected chi connectivity index (χ4v) is 1.68. The number of rotatable bonds is 2. The summed E-state index contributed by atoms with van der Waals surface area (Å²) in [6.07, 6.45) is 4.94. The van der Waals surface area contributed by atoms with Crippen LogP contribution < -0.4 is 11.3 Å². The van der Waals surface area contributed by atoms with Crippen LogP contribution in [0, 0.1) is 0 Å². The molecule has 0 atom stereocenters. The van der Waals surface area contributed by atoms with Gasteiger partial charge in [-0.15, -0.1) is 0 Å². The first-order valence-electron chi connectivity index (χ1n) is 5.09. The van der Waals surface area contributed by atoms with E-state index in [1.54, 1.807) is 18.7 Å². The van der Waals surface area contributed by atoms with Crippen LogP contribution in [0.5, 0.6) is 0 Å². The molecule has 0 unspecified atom stereocenters. The summed E-state index contributed by atoms with van der Waals surface area (Å²) in [6, 6.07) is 7.83. The predicted molar refractivity (Wildman–Crippen MR) is 64.5 cm³/mol. The standard InChI is InChI=1S/C11H10N6/c12-16-10-5-13-6-11(15-10)17-7-14-8-3-1-2-4-9(8)17/h1-7H,12H2,(H,15,16). The molecule has 3 N–H and O–H groups in total. The molecule has 0 spiro atoms. The molecule has 0 amide bonds. The normalized spacial score (nSPS) is 10.6. The van der Waals surface area contributed by atoms with Crippen molar-refractivity contribution in [1.29, 1.82) is 0 Å². The molecule has 0 aliphatic heterocycles. The van der Waals surface area contributed by atoms with Crippen LogP contribution in [0.25, 0.3) is 16.9 Å². The third-order valence-electron chi connectivity index (χ3n) is 2.47. The van der Waals surface area contributed by atoms with E-state index in [9.17, 15) is 0 Å². The SMILES string of the molecule is NNc1cncc(-n2cnc3ccccc32)n1. The zero-order valence-electron chi connectivity index (χ0n) is 8.91. The number of nitrogen functional groups attached to an aromatic ring is 1.